The van der Waals surface area contributed by atoms with Crippen LogP contribution in [-0.2, 0) is 11.8 Å². The van der Waals surface area contributed by atoms with E-state index in [4.69, 9.17) is 0 Å². The average Bonchev–Trinajstić information content (AvgIpc) is 2.91. The number of carboxylic acid groups (broad SMARTS) is 1. The lowest BCUT2D eigenvalue weighted by atomic mass is 9.75. The molecule has 3 rings (SSSR count). The highest BCUT2D eigenvalue weighted by molar-refractivity contribution is 5.73. The second-order valence-electron chi connectivity index (χ2n) is 6.55. The van der Waals surface area contributed by atoms with E-state index in [-0.39, 0.29) is 12.1 Å². The third-order valence-electron chi connectivity index (χ3n) is 5.44. The molecule has 2 fully saturated rings. The zero-order chi connectivity index (χ0) is 15.0. The van der Waals surface area contributed by atoms with Gasteiger partial charge in [0.25, 0.3) is 0 Å². The van der Waals surface area contributed by atoms with Crippen LogP contribution in [0.3, 0.4) is 0 Å². The van der Waals surface area contributed by atoms with E-state index in [2.05, 4.69) is 16.9 Å². The number of aliphatic carboxylic acids is 1. The highest BCUT2D eigenvalue weighted by atomic mass is 16.4. The number of rotatable bonds is 3. The number of carbonyl (C=O) groups is 1. The molecule has 0 aromatic carbocycles. The molecule has 116 valence electrons. The molecule has 4 unspecified atom stereocenters. The van der Waals surface area contributed by atoms with Gasteiger partial charge in [-0.15, -0.1) is 0 Å². The molecule has 1 aromatic heterocycles. The summed E-state index contributed by atoms with van der Waals surface area (Å²) in [6, 6.07) is 2.17. The Labute approximate surface area is 125 Å². The predicted molar refractivity (Wildman–Crippen MR) is 79.9 cm³/mol. The number of aromatic nitrogens is 2. The van der Waals surface area contributed by atoms with Crippen molar-refractivity contribution in [2.45, 2.75) is 63.6 Å². The van der Waals surface area contributed by atoms with Gasteiger partial charge in [-0.3, -0.25) is 14.4 Å². The van der Waals surface area contributed by atoms with Gasteiger partial charge in [-0.2, -0.15) is 5.10 Å². The largest absolute Gasteiger partial charge is 0.480 e. The first-order valence-corrected chi connectivity index (χ1v) is 8.07. The van der Waals surface area contributed by atoms with Gasteiger partial charge in [-0.1, -0.05) is 12.8 Å². The molecule has 1 aliphatic carbocycles. The molecule has 21 heavy (non-hydrogen) atoms. The van der Waals surface area contributed by atoms with Crippen molar-refractivity contribution >= 4 is 5.97 Å². The Morgan fingerprint density at radius 3 is 2.76 bits per heavy atom. The first kappa shape index (κ1) is 14.6. The standard InChI is InChI=1S/C16H25N3O2/c1-11(13-9-10-17-18(13)2)19-14-6-4-3-5-12(14)7-8-15(19)16(20)21/h9-12,14-15H,3-8H2,1-2H3,(H,20,21). The van der Waals surface area contributed by atoms with Crippen molar-refractivity contribution < 1.29 is 9.90 Å². The summed E-state index contributed by atoms with van der Waals surface area (Å²) >= 11 is 0. The van der Waals surface area contributed by atoms with Crippen LogP contribution in [0, 0.1) is 5.92 Å². The van der Waals surface area contributed by atoms with Gasteiger partial charge in [0.15, 0.2) is 0 Å². The highest BCUT2D eigenvalue weighted by Gasteiger charge is 2.44. The minimum Gasteiger partial charge on any atom is -0.480 e. The van der Waals surface area contributed by atoms with E-state index in [1.165, 1.54) is 19.3 Å². The maximum absolute atomic E-state index is 11.7. The molecule has 1 N–H and O–H groups in total. The van der Waals surface area contributed by atoms with E-state index in [9.17, 15) is 9.90 Å². The predicted octanol–water partition coefficient (Wildman–Crippen LogP) is 2.59. The molecule has 0 bridgehead atoms. The van der Waals surface area contributed by atoms with E-state index >= 15 is 0 Å². The summed E-state index contributed by atoms with van der Waals surface area (Å²) in [5.74, 6) is -0.00179. The third kappa shape index (κ3) is 2.59. The monoisotopic (exact) mass is 291 g/mol. The summed E-state index contributed by atoms with van der Waals surface area (Å²) in [4.78, 5) is 14.0. The summed E-state index contributed by atoms with van der Waals surface area (Å²) in [5.41, 5.74) is 1.10. The second-order valence-corrected chi connectivity index (χ2v) is 6.55. The van der Waals surface area contributed by atoms with Crippen molar-refractivity contribution in [1.82, 2.24) is 14.7 Å². The summed E-state index contributed by atoms with van der Waals surface area (Å²) in [5, 5.41) is 13.9. The van der Waals surface area contributed by atoms with Crippen molar-refractivity contribution in [2.75, 3.05) is 0 Å². The Balaban J connectivity index is 1.92. The first-order chi connectivity index (χ1) is 10.1. The normalized spacial score (nSPS) is 31.6. The number of hydrogen-bond acceptors (Lipinski definition) is 3. The molecule has 5 nitrogen and oxygen atoms in total. The Morgan fingerprint density at radius 1 is 1.33 bits per heavy atom. The molecular formula is C16H25N3O2. The summed E-state index contributed by atoms with van der Waals surface area (Å²) in [6.45, 7) is 2.13. The molecule has 5 heteroatoms. The van der Waals surface area contributed by atoms with Gasteiger partial charge < -0.3 is 5.11 Å². The molecule has 2 heterocycles. The van der Waals surface area contributed by atoms with Crippen LogP contribution in [0.15, 0.2) is 12.3 Å². The molecule has 1 aromatic rings. The number of hydrogen-bond donors (Lipinski definition) is 1. The van der Waals surface area contributed by atoms with E-state index < -0.39 is 5.97 Å². The van der Waals surface area contributed by atoms with Crippen molar-refractivity contribution in [1.29, 1.82) is 0 Å². The molecule has 0 radical (unpaired) electrons. The van der Waals surface area contributed by atoms with Crippen molar-refractivity contribution in [3.05, 3.63) is 18.0 Å². The fourth-order valence-electron chi connectivity index (χ4n) is 4.42. The maximum atomic E-state index is 11.7. The van der Waals surface area contributed by atoms with Crippen LogP contribution in [0.2, 0.25) is 0 Å². The van der Waals surface area contributed by atoms with Crippen LogP contribution in [0.5, 0.6) is 0 Å². The molecular weight excluding hydrogens is 266 g/mol. The minimum absolute atomic E-state index is 0.101. The molecule has 1 saturated heterocycles. The maximum Gasteiger partial charge on any atom is 0.320 e. The number of piperidine rings is 1. The minimum atomic E-state index is -0.673. The van der Waals surface area contributed by atoms with Crippen molar-refractivity contribution in [2.24, 2.45) is 13.0 Å². The lowest BCUT2D eigenvalue weighted by Gasteiger charge is -2.49. The van der Waals surface area contributed by atoms with E-state index in [1.54, 1.807) is 6.20 Å². The van der Waals surface area contributed by atoms with Gasteiger partial charge in [0, 0.05) is 19.3 Å². The number of aryl methyl sites for hydroxylation is 1. The van der Waals surface area contributed by atoms with Crippen LogP contribution in [0.25, 0.3) is 0 Å². The Hall–Kier alpha value is -1.36. The Kier molecular flexibility index (Phi) is 4.02. The smallest absolute Gasteiger partial charge is 0.320 e. The lowest BCUT2D eigenvalue weighted by Crippen LogP contribution is -2.55. The Bertz CT molecular complexity index is 513. The summed E-state index contributed by atoms with van der Waals surface area (Å²) in [7, 11) is 1.93. The van der Waals surface area contributed by atoms with Gasteiger partial charge in [-0.25, -0.2) is 0 Å². The van der Waals surface area contributed by atoms with Gasteiger partial charge in [0.2, 0.25) is 0 Å². The highest BCUT2D eigenvalue weighted by Crippen LogP contribution is 2.42. The van der Waals surface area contributed by atoms with E-state index in [0.29, 0.717) is 12.0 Å². The molecule has 1 aliphatic heterocycles. The lowest BCUT2D eigenvalue weighted by molar-refractivity contribution is -0.150. The van der Waals surface area contributed by atoms with Crippen LogP contribution in [0.4, 0.5) is 0 Å². The molecule has 0 spiro atoms. The summed E-state index contributed by atoms with van der Waals surface area (Å²) < 4.78 is 1.87. The third-order valence-corrected chi connectivity index (χ3v) is 5.44. The van der Waals surface area contributed by atoms with Gasteiger partial charge >= 0.3 is 5.97 Å². The molecule has 4 atom stereocenters. The van der Waals surface area contributed by atoms with Crippen LogP contribution < -0.4 is 0 Å². The van der Waals surface area contributed by atoms with Crippen molar-refractivity contribution in [3.63, 3.8) is 0 Å². The number of likely N-dealkylation sites (tertiary alicyclic amines) is 1. The van der Waals surface area contributed by atoms with Crippen molar-refractivity contribution in [3.8, 4) is 0 Å². The number of fused-ring (bicyclic) bond motifs is 1. The molecule has 0 amide bonds. The van der Waals surface area contributed by atoms with E-state index in [0.717, 1.165) is 25.0 Å². The molecule has 1 saturated carbocycles. The zero-order valence-corrected chi connectivity index (χ0v) is 12.9. The van der Waals surface area contributed by atoms with E-state index in [1.807, 2.05) is 17.8 Å². The van der Waals surface area contributed by atoms with Gasteiger partial charge in [0.1, 0.15) is 6.04 Å². The molecule has 2 aliphatic rings. The van der Waals surface area contributed by atoms with Crippen LogP contribution >= 0.6 is 0 Å². The fourth-order valence-corrected chi connectivity index (χ4v) is 4.42. The zero-order valence-electron chi connectivity index (χ0n) is 12.9. The fraction of sp³-hybridized carbons (Fsp3) is 0.750. The SMILES string of the molecule is CC(c1ccnn1C)N1C(C(=O)O)CCC2CCCCC21. The van der Waals surface area contributed by atoms with Gasteiger partial charge in [0.05, 0.1) is 11.7 Å². The average molecular weight is 291 g/mol. The van der Waals surface area contributed by atoms with Crippen LogP contribution in [-0.4, -0.2) is 37.8 Å². The quantitative estimate of drug-likeness (QED) is 0.930. The Morgan fingerprint density at radius 2 is 2.10 bits per heavy atom. The topological polar surface area (TPSA) is 58.4 Å². The summed E-state index contributed by atoms with van der Waals surface area (Å²) in [6.07, 6.45) is 8.55. The van der Waals surface area contributed by atoms with Gasteiger partial charge in [-0.05, 0) is 44.6 Å². The second kappa shape index (κ2) is 5.79. The number of carboxylic acids is 1. The first-order valence-electron chi connectivity index (χ1n) is 8.07. The van der Waals surface area contributed by atoms with Crippen LogP contribution in [0.1, 0.15) is 57.2 Å². The number of nitrogens with zero attached hydrogens (tertiary/aromatic N) is 3.